The van der Waals surface area contributed by atoms with Gasteiger partial charge in [0.15, 0.2) is 5.96 Å². The van der Waals surface area contributed by atoms with Crippen molar-refractivity contribution in [2.45, 2.75) is 38.7 Å². The second kappa shape index (κ2) is 11.4. The maximum Gasteiger partial charge on any atom is 0.251 e. The van der Waals surface area contributed by atoms with Crippen molar-refractivity contribution in [3.63, 3.8) is 0 Å². The Morgan fingerprint density at radius 3 is 2.48 bits per heavy atom. The molecule has 3 aliphatic rings. The van der Waals surface area contributed by atoms with E-state index in [1.165, 1.54) is 25.9 Å². The van der Waals surface area contributed by atoms with Gasteiger partial charge < -0.3 is 24.8 Å². The zero-order valence-corrected chi connectivity index (χ0v) is 19.2. The zero-order valence-electron chi connectivity index (χ0n) is 16.9. The average molecular weight is 493 g/mol. The molecule has 8 heteroatoms. The number of carbonyl (C=O) groups is 1. The number of aliphatic imine (C=N–C) groups is 1. The number of halogens is 1. The van der Waals surface area contributed by atoms with Crippen molar-refractivity contribution in [2.24, 2.45) is 10.9 Å². The van der Waals surface area contributed by atoms with Crippen LogP contribution in [0.1, 0.15) is 32.6 Å². The van der Waals surface area contributed by atoms with Gasteiger partial charge in [0.2, 0.25) is 0 Å². The Kier molecular flexibility index (Phi) is 9.58. The highest BCUT2D eigenvalue weighted by Gasteiger charge is 2.30. The van der Waals surface area contributed by atoms with Gasteiger partial charge in [-0.15, -0.1) is 24.0 Å². The molecule has 2 unspecified atom stereocenters. The number of guanidine groups is 1. The number of carbonyl (C=O) groups excluding carboxylic acids is 1. The van der Waals surface area contributed by atoms with Gasteiger partial charge >= 0.3 is 0 Å². The first-order chi connectivity index (χ1) is 12.7. The summed E-state index contributed by atoms with van der Waals surface area (Å²) in [5, 5.41) is 3.51. The third-order valence-electron chi connectivity index (χ3n) is 5.76. The van der Waals surface area contributed by atoms with Gasteiger partial charge in [0.25, 0.3) is 5.91 Å². The summed E-state index contributed by atoms with van der Waals surface area (Å²) in [6, 6.07) is 0. The van der Waals surface area contributed by atoms with Gasteiger partial charge in [0.1, 0.15) is 6.10 Å². The lowest BCUT2D eigenvalue weighted by molar-refractivity contribution is -0.142. The molecular weight excluding hydrogens is 457 g/mol. The molecule has 0 bridgehead atoms. The number of likely N-dealkylation sites (tertiary alicyclic amines) is 1. The lowest BCUT2D eigenvalue weighted by atomic mass is 10.0. The first-order valence-electron chi connectivity index (χ1n) is 10.3. The summed E-state index contributed by atoms with van der Waals surface area (Å²) in [5.41, 5.74) is 0. The molecule has 1 N–H and O–H groups in total. The number of nitrogens with zero attached hydrogens (tertiary/aromatic N) is 4. The maximum absolute atomic E-state index is 12.5. The van der Waals surface area contributed by atoms with Crippen LogP contribution < -0.4 is 5.32 Å². The Morgan fingerprint density at radius 2 is 1.85 bits per heavy atom. The molecular formula is C19H36IN5O2. The Balaban J connectivity index is 0.00000261. The third-order valence-corrected chi connectivity index (χ3v) is 5.76. The second-order valence-corrected chi connectivity index (χ2v) is 7.84. The van der Waals surface area contributed by atoms with Crippen molar-refractivity contribution in [2.75, 3.05) is 66.0 Å². The number of nitrogens with one attached hydrogen (secondary N) is 1. The van der Waals surface area contributed by atoms with Crippen LogP contribution in [0.15, 0.2) is 4.99 Å². The number of rotatable bonds is 4. The Labute approximate surface area is 180 Å². The Hall–Kier alpha value is -0.610. The van der Waals surface area contributed by atoms with Gasteiger partial charge in [-0.3, -0.25) is 9.79 Å². The lowest BCUT2D eigenvalue weighted by Crippen LogP contribution is -2.55. The van der Waals surface area contributed by atoms with E-state index in [0.717, 1.165) is 70.6 Å². The van der Waals surface area contributed by atoms with Crippen molar-refractivity contribution < 1.29 is 9.53 Å². The number of amides is 1. The highest BCUT2D eigenvalue weighted by Crippen LogP contribution is 2.16. The van der Waals surface area contributed by atoms with Crippen LogP contribution in [0.4, 0.5) is 0 Å². The van der Waals surface area contributed by atoms with E-state index in [9.17, 15) is 4.79 Å². The van der Waals surface area contributed by atoms with Crippen molar-refractivity contribution in [3.05, 3.63) is 0 Å². The minimum Gasteiger partial charge on any atom is -0.368 e. The summed E-state index contributed by atoms with van der Waals surface area (Å²) in [7, 11) is 1.84. The fraction of sp³-hybridized carbons (Fsp3) is 0.895. The van der Waals surface area contributed by atoms with Crippen LogP contribution in [-0.4, -0.2) is 98.7 Å². The monoisotopic (exact) mass is 493 g/mol. The minimum atomic E-state index is -0.203. The fourth-order valence-electron chi connectivity index (χ4n) is 4.26. The van der Waals surface area contributed by atoms with E-state index >= 15 is 0 Å². The summed E-state index contributed by atoms with van der Waals surface area (Å²) in [4.78, 5) is 23.7. The third kappa shape index (κ3) is 6.45. The Bertz CT molecular complexity index is 490. The zero-order chi connectivity index (χ0) is 18.4. The highest BCUT2D eigenvalue weighted by atomic mass is 127. The maximum atomic E-state index is 12.5. The van der Waals surface area contributed by atoms with Gasteiger partial charge in [0, 0.05) is 59.5 Å². The molecule has 156 valence electrons. The van der Waals surface area contributed by atoms with Gasteiger partial charge in [-0.05, 0) is 38.1 Å². The summed E-state index contributed by atoms with van der Waals surface area (Å²) < 4.78 is 5.54. The van der Waals surface area contributed by atoms with Crippen LogP contribution in [0.2, 0.25) is 0 Å². The molecule has 3 heterocycles. The Morgan fingerprint density at radius 1 is 1.11 bits per heavy atom. The van der Waals surface area contributed by atoms with Crippen LogP contribution in [0, 0.1) is 5.92 Å². The molecule has 0 radical (unpaired) electrons. The largest absolute Gasteiger partial charge is 0.368 e. The molecule has 0 saturated carbocycles. The smallest absolute Gasteiger partial charge is 0.251 e. The highest BCUT2D eigenvalue weighted by molar-refractivity contribution is 14.0. The molecule has 3 rings (SSSR count). The molecule has 0 aromatic carbocycles. The molecule has 0 aromatic heterocycles. The lowest BCUT2D eigenvalue weighted by Gasteiger charge is -2.37. The van der Waals surface area contributed by atoms with Crippen molar-refractivity contribution in [3.8, 4) is 0 Å². The fourth-order valence-corrected chi connectivity index (χ4v) is 4.26. The van der Waals surface area contributed by atoms with E-state index in [1.54, 1.807) is 0 Å². The van der Waals surface area contributed by atoms with Gasteiger partial charge in [-0.1, -0.05) is 6.92 Å². The second-order valence-electron chi connectivity index (χ2n) is 7.84. The van der Waals surface area contributed by atoms with E-state index in [0.29, 0.717) is 0 Å². The number of piperidine rings is 1. The van der Waals surface area contributed by atoms with Gasteiger partial charge in [-0.2, -0.15) is 0 Å². The molecule has 0 aliphatic carbocycles. The molecule has 2 atom stereocenters. The minimum absolute atomic E-state index is 0. The van der Waals surface area contributed by atoms with Gasteiger partial charge in [0.05, 0.1) is 0 Å². The van der Waals surface area contributed by atoms with E-state index < -0.39 is 0 Å². The molecule has 27 heavy (non-hydrogen) atoms. The quantitative estimate of drug-likeness (QED) is 0.363. The van der Waals surface area contributed by atoms with E-state index in [-0.39, 0.29) is 36.0 Å². The van der Waals surface area contributed by atoms with E-state index in [2.05, 4.69) is 27.0 Å². The van der Waals surface area contributed by atoms with Crippen molar-refractivity contribution in [1.82, 2.24) is 20.0 Å². The summed E-state index contributed by atoms with van der Waals surface area (Å²) in [6.45, 7) is 10.7. The van der Waals surface area contributed by atoms with Gasteiger partial charge in [-0.25, -0.2) is 0 Å². The number of hydrogen-bond donors (Lipinski definition) is 1. The van der Waals surface area contributed by atoms with E-state index in [1.807, 2.05) is 11.9 Å². The molecule has 3 saturated heterocycles. The molecule has 0 aromatic rings. The first kappa shape index (κ1) is 22.7. The van der Waals surface area contributed by atoms with Crippen LogP contribution >= 0.6 is 24.0 Å². The van der Waals surface area contributed by atoms with E-state index in [4.69, 9.17) is 4.74 Å². The topological polar surface area (TPSA) is 60.4 Å². The standard InChI is InChI=1S/C19H35N5O2.HI/c1-16-5-3-8-22(15-16)9-7-21-19(20-2)24-12-10-23(11-13-24)18(25)17-6-4-14-26-17;/h16-17H,3-15H2,1-2H3,(H,20,21);1H. The number of hydrogen-bond acceptors (Lipinski definition) is 4. The normalized spacial score (nSPS) is 27.4. The summed E-state index contributed by atoms with van der Waals surface area (Å²) >= 11 is 0. The van der Waals surface area contributed by atoms with Crippen LogP contribution in [-0.2, 0) is 9.53 Å². The summed E-state index contributed by atoms with van der Waals surface area (Å²) in [5.74, 6) is 1.95. The van der Waals surface area contributed by atoms with Crippen LogP contribution in [0.25, 0.3) is 0 Å². The van der Waals surface area contributed by atoms with Crippen molar-refractivity contribution >= 4 is 35.8 Å². The first-order valence-corrected chi connectivity index (χ1v) is 10.3. The molecule has 7 nitrogen and oxygen atoms in total. The van der Waals surface area contributed by atoms with Crippen LogP contribution in [0.5, 0.6) is 0 Å². The molecule has 3 fully saturated rings. The summed E-state index contributed by atoms with van der Waals surface area (Å²) in [6.07, 6.45) is 4.35. The predicted octanol–water partition coefficient (Wildman–Crippen LogP) is 1.23. The van der Waals surface area contributed by atoms with Crippen molar-refractivity contribution in [1.29, 1.82) is 0 Å². The number of piperazine rings is 1. The number of ether oxygens (including phenoxy) is 1. The molecule has 1 amide bonds. The molecule has 0 spiro atoms. The SMILES string of the molecule is CN=C(NCCN1CCCC(C)C1)N1CCN(C(=O)C2CCCO2)CC1.I. The average Bonchev–Trinajstić information content (AvgIpc) is 3.20. The van der Waals surface area contributed by atoms with Crippen LogP contribution in [0.3, 0.4) is 0 Å². The predicted molar refractivity (Wildman–Crippen MR) is 119 cm³/mol. The molecule has 3 aliphatic heterocycles.